The van der Waals surface area contributed by atoms with Crippen molar-refractivity contribution >= 4 is 7.60 Å². The molecular weight excluding hydrogens is 597 g/mol. The Kier molecular flexibility index (Phi) is 35.1. The summed E-state index contributed by atoms with van der Waals surface area (Å²) in [7, 11) is 3.55. The minimum atomic E-state index is -3.01. The molecule has 0 aliphatic rings. The van der Waals surface area contributed by atoms with E-state index < -0.39 is 7.60 Å². The van der Waals surface area contributed by atoms with Gasteiger partial charge in [-0.05, 0) is 64.2 Å². The van der Waals surface area contributed by atoms with Gasteiger partial charge in [-0.2, -0.15) is 0 Å². The fourth-order valence-electron chi connectivity index (χ4n) is 6.01. The van der Waals surface area contributed by atoms with Gasteiger partial charge >= 0.3 is 7.60 Å². The summed E-state index contributed by atoms with van der Waals surface area (Å²) in [5.74, 6) is 0. The van der Waals surface area contributed by atoms with E-state index in [1.807, 2.05) is 0 Å². The van der Waals surface area contributed by atoms with Crippen molar-refractivity contribution in [1.29, 1.82) is 0 Å². The van der Waals surface area contributed by atoms with E-state index in [1.165, 1.54) is 154 Å². The third kappa shape index (κ3) is 38.2. The van der Waals surface area contributed by atoms with Crippen LogP contribution in [0.25, 0.3) is 0 Å². The van der Waals surface area contributed by atoms with Crippen LogP contribution in [0.5, 0.6) is 0 Å². The first-order valence-electron chi connectivity index (χ1n) is 20.8. The van der Waals surface area contributed by atoms with Gasteiger partial charge in [-0.1, -0.05) is 154 Å². The molecule has 0 spiro atoms. The van der Waals surface area contributed by atoms with Crippen molar-refractivity contribution in [3.05, 3.63) is 24.3 Å². The lowest BCUT2D eigenvalue weighted by molar-refractivity contribution is -0.870. The van der Waals surface area contributed by atoms with E-state index in [4.69, 9.17) is 9.05 Å². The zero-order valence-corrected chi connectivity index (χ0v) is 33.7. The minimum absolute atomic E-state index is 0.543. The third-order valence-electron chi connectivity index (χ3n) is 9.15. The summed E-state index contributed by atoms with van der Waals surface area (Å²) in [6, 6.07) is 0. The largest absolute Gasteiger partial charge is 0.331 e. The van der Waals surface area contributed by atoms with E-state index in [-0.39, 0.29) is 0 Å². The van der Waals surface area contributed by atoms with Gasteiger partial charge in [0, 0.05) is 6.42 Å². The summed E-state index contributed by atoms with van der Waals surface area (Å²) in [6.07, 6.45) is 47.1. The molecule has 0 saturated heterocycles. The van der Waals surface area contributed by atoms with Crippen LogP contribution >= 0.6 is 7.60 Å². The number of rotatable bonds is 38. The first-order valence-corrected chi connectivity index (χ1v) is 22.5. The topological polar surface area (TPSA) is 35.5 Å². The van der Waals surface area contributed by atoms with Gasteiger partial charge in [0.15, 0.2) is 0 Å². The van der Waals surface area contributed by atoms with Crippen molar-refractivity contribution in [2.75, 3.05) is 47.1 Å². The monoisotopic (exact) mass is 683 g/mol. The van der Waals surface area contributed by atoms with Crippen LogP contribution in [0.3, 0.4) is 0 Å². The second-order valence-electron chi connectivity index (χ2n) is 15.2. The van der Waals surface area contributed by atoms with E-state index in [2.05, 4.69) is 59.3 Å². The maximum Gasteiger partial charge on any atom is 0.330 e. The summed E-state index contributed by atoms with van der Waals surface area (Å²) in [4.78, 5) is 0. The normalized spacial score (nSPS) is 12.7. The van der Waals surface area contributed by atoms with Crippen molar-refractivity contribution in [2.24, 2.45) is 0 Å². The van der Waals surface area contributed by atoms with E-state index in [1.54, 1.807) is 0 Å². The van der Waals surface area contributed by atoms with E-state index in [0.29, 0.717) is 19.4 Å². The zero-order valence-electron chi connectivity index (χ0n) is 32.8. The number of hydrogen-bond acceptors (Lipinski definition) is 3. The highest BCUT2D eigenvalue weighted by Crippen LogP contribution is 2.49. The number of allylic oxidation sites excluding steroid dienone is 4. The Morgan fingerprint density at radius 2 is 0.723 bits per heavy atom. The van der Waals surface area contributed by atoms with Crippen LogP contribution in [0.15, 0.2) is 24.3 Å². The molecule has 0 aromatic heterocycles. The van der Waals surface area contributed by atoms with Crippen molar-refractivity contribution in [3.63, 3.8) is 0 Å². The molecular formula is C42H85NO3P+. The molecule has 280 valence electrons. The third-order valence-corrected chi connectivity index (χ3v) is 11.2. The summed E-state index contributed by atoms with van der Waals surface area (Å²) >= 11 is 0. The minimum Gasteiger partial charge on any atom is -0.331 e. The molecule has 0 aromatic carbocycles. The van der Waals surface area contributed by atoms with Crippen molar-refractivity contribution in [3.8, 4) is 0 Å². The van der Waals surface area contributed by atoms with Gasteiger partial charge in [-0.25, -0.2) is 0 Å². The molecule has 0 radical (unpaired) electrons. The Morgan fingerprint density at radius 3 is 1.04 bits per heavy atom. The van der Waals surface area contributed by atoms with Gasteiger partial charge < -0.3 is 13.5 Å². The highest BCUT2D eigenvalue weighted by atomic mass is 31.2. The summed E-state index contributed by atoms with van der Waals surface area (Å²) in [5.41, 5.74) is 0. The quantitative estimate of drug-likeness (QED) is 0.0281. The molecule has 0 N–H and O–H groups in total. The number of unbranched alkanes of at least 4 members (excludes halogenated alkanes) is 24. The molecule has 5 heteroatoms. The van der Waals surface area contributed by atoms with Crippen molar-refractivity contribution in [2.45, 2.75) is 200 Å². The lowest BCUT2D eigenvalue weighted by Crippen LogP contribution is -2.35. The van der Waals surface area contributed by atoms with Gasteiger partial charge in [0.05, 0.1) is 47.1 Å². The Balaban J connectivity index is 3.91. The molecule has 0 heterocycles. The van der Waals surface area contributed by atoms with Crippen LogP contribution < -0.4 is 0 Å². The zero-order chi connectivity index (χ0) is 34.6. The predicted molar refractivity (Wildman–Crippen MR) is 211 cm³/mol. The maximum atomic E-state index is 13.6. The Morgan fingerprint density at radius 1 is 0.426 bits per heavy atom. The van der Waals surface area contributed by atoms with Gasteiger partial charge in [-0.15, -0.1) is 0 Å². The van der Waals surface area contributed by atoms with Gasteiger partial charge in [0.25, 0.3) is 0 Å². The van der Waals surface area contributed by atoms with Crippen LogP contribution in [0.4, 0.5) is 0 Å². The van der Waals surface area contributed by atoms with E-state index in [0.717, 1.165) is 43.1 Å². The summed E-state index contributed by atoms with van der Waals surface area (Å²) in [5, 5.41) is 0. The van der Waals surface area contributed by atoms with Crippen LogP contribution in [-0.4, -0.2) is 51.5 Å². The Bertz CT molecular complexity index is 682. The SMILES string of the molecule is CCCCCCCC/C=C\CCCCCCCCOP(=O)(CCC[N+](C)(C)C)OCCCCCCCC/C=C\CCCCCCCC. The molecule has 4 nitrogen and oxygen atoms in total. The maximum absolute atomic E-state index is 13.6. The van der Waals surface area contributed by atoms with E-state index in [9.17, 15) is 4.57 Å². The lowest BCUT2D eigenvalue weighted by Gasteiger charge is -2.25. The average Bonchev–Trinajstić information content (AvgIpc) is 3.03. The van der Waals surface area contributed by atoms with E-state index >= 15 is 0 Å². The molecule has 0 aliphatic heterocycles. The lowest BCUT2D eigenvalue weighted by atomic mass is 10.1. The van der Waals surface area contributed by atoms with Crippen molar-refractivity contribution in [1.82, 2.24) is 0 Å². The van der Waals surface area contributed by atoms with Gasteiger partial charge in [-0.3, -0.25) is 4.57 Å². The van der Waals surface area contributed by atoms with Crippen LogP contribution in [-0.2, 0) is 13.6 Å². The Hall–Kier alpha value is -0.410. The van der Waals surface area contributed by atoms with Gasteiger partial charge in [0.2, 0.25) is 0 Å². The smallest absolute Gasteiger partial charge is 0.330 e. The van der Waals surface area contributed by atoms with Gasteiger partial charge in [0.1, 0.15) is 0 Å². The number of nitrogens with zero attached hydrogens (tertiary/aromatic N) is 1. The first kappa shape index (κ1) is 46.6. The molecule has 0 amide bonds. The number of quaternary nitrogens is 1. The molecule has 0 fully saturated rings. The molecule has 47 heavy (non-hydrogen) atoms. The summed E-state index contributed by atoms with van der Waals surface area (Å²) in [6.45, 7) is 6.68. The average molecular weight is 683 g/mol. The predicted octanol–water partition coefficient (Wildman–Crippen LogP) is 14.4. The number of hydrogen-bond donors (Lipinski definition) is 0. The van der Waals surface area contributed by atoms with Crippen LogP contribution in [0.1, 0.15) is 200 Å². The molecule has 0 aliphatic carbocycles. The molecule has 0 aromatic rings. The summed E-state index contributed by atoms with van der Waals surface area (Å²) < 4.78 is 26.4. The fourth-order valence-corrected chi connectivity index (χ4v) is 7.69. The molecule has 0 atom stereocenters. The highest BCUT2D eigenvalue weighted by molar-refractivity contribution is 7.53. The standard InChI is InChI=1S/C42H85NO3P/c1-6-8-10-12-14-16-18-20-22-24-26-28-30-32-34-36-40-45-47(44,42-38-39-43(3,4)5)46-41-37-35-33-31-29-27-25-23-21-19-17-15-13-11-9-7-2/h20-23H,6-19,24-42H2,1-5H3/q+1/b22-20-,23-21-. The second kappa shape index (κ2) is 35.4. The molecule has 0 rings (SSSR count). The first-order chi connectivity index (χ1) is 22.8. The second-order valence-corrected chi connectivity index (χ2v) is 17.4. The van der Waals surface area contributed by atoms with Crippen LogP contribution in [0, 0.1) is 0 Å². The van der Waals surface area contributed by atoms with Crippen LogP contribution in [0.2, 0.25) is 0 Å². The molecule has 0 bridgehead atoms. The fraction of sp³-hybridized carbons (Fsp3) is 0.905. The molecule has 0 unspecified atom stereocenters. The molecule has 0 saturated carbocycles. The Labute approximate surface area is 296 Å². The van der Waals surface area contributed by atoms with Crippen molar-refractivity contribution < 1.29 is 18.1 Å². The highest BCUT2D eigenvalue weighted by Gasteiger charge is 2.25.